The van der Waals surface area contributed by atoms with Crippen LogP contribution in [-0.4, -0.2) is 12.1 Å². The molecule has 3 nitrogen and oxygen atoms in total. The quantitative estimate of drug-likeness (QED) is 0.894. The Morgan fingerprint density at radius 1 is 1.10 bits per heavy atom. The molecule has 2 aromatic carbocycles. The van der Waals surface area contributed by atoms with E-state index in [1.165, 1.54) is 12.8 Å². The van der Waals surface area contributed by atoms with Gasteiger partial charge in [-0.15, -0.1) is 0 Å². The van der Waals surface area contributed by atoms with Crippen molar-refractivity contribution >= 4 is 16.5 Å². The molecule has 0 aromatic heterocycles. The van der Waals surface area contributed by atoms with E-state index in [0.717, 1.165) is 34.9 Å². The van der Waals surface area contributed by atoms with Gasteiger partial charge in [-0.05, 0) is 25.0 Å². The summed E-state index contributed by atoms with van der Waals surface area (Å²) in [5.41, 5.74) is 7.84. The first kappa shape index (κ1) is 13.0. The smallest absolute Gasteiger partial charge is 0.0998 e. The van der Waals surface area contributed by atoms with Crippen molar-refractivity contribution in [2.75, 3.05) is 11.9 Å². The molecule has 0 heterocycles. The van der Waals surface area contributed by atoms with Crippen LogP contribution in [0.15, 0.2) is 36.4 Å². The van der Waals surface area contributed by atoms with Gasteiger partial charge >= 0.3 is 0 Å². The number of rotatable bonds is 3. The Balaban J connectivity index is 2.07. The average molecular weight is 265 g/mol. The molecular formula is C17H19N3. The van der Waals surface area contributed by atoms with E-state index in [4.69, 9.17) is 5.73 Å². The monoisotopic (exact) mass is 265 g/mol. The van der Waals surface area contributed by atoms with Gasteiger partial charge in [-0.2, -0.15) is 5.26 Å². The zero-order valence-electron chi connectivity index (χ0n) is 11.5. The van der Waals surface area contributed by atoms with Gasteiger partial charge in [0.2, 0.25) is 0 Å². The highest BCUT2D eigenvalue weighted by atomic mass is 15.0. The first-order chi connectivity index (χ1) is 9.78. The average Bonchev–Trinajstić information content (AvgIpc) is 2.97. The first-order valence-electron chi connectivity index (χ1n) is 7.18. The van der Waals surface area contributed by atoms with Crippen LogP contribution >= 0.6 is 0 Å². The molecule has 1 aliphatic rings. The van der Waals surface area contributed by atoms with Gasteiger partial charge in [0.1, 0.15) is 0 Å². The van der Waals surface area contributed by atoms with E-state index in [1.807, 2.05) is 30.3 Å². The molecule has 3 heteroatoms. The molecule has 0 unspecified atom stereocenters. The Morgan fingerprint density at radius 2 is 1.80 bits per heavy atom. The standard InChI is InChI=1S/C17H19N3/c18-11-13-7-8-16(15-6-2-1-5-14(13)15)20-17(12-19)9-3-4-10-17/h1-2,5-8,20H,3-4,9-10,12,19H2. The van der Waals surface area contributed by atoms with Crippen LogP contribution in [0.2, 0.25) is 0 Å². The second-order valence-corrected chi connectivity index (χ2v) is 5.63. The number of hydrogen-bond donors (Lipinski definition) is 2. The van der Waals surface area contributed by atoms with E-state index in [2.05, 4.69) is 17.5 Å². The summed E-state index contributed by atoms with van der Waals surface area (Å²) in [4.78, 5) is 0. The van der Waals surface area contributed by atoms with E-state index in [1.54, 1.807) is 0 Å². The molecule has 3 N–H and O–H groups in total. The van der Waals surface area contributed by atoms with Gasteiger partial charge in [0.05, 0.1) is 11.6 Å². The fraction of sp³-hybridized carbons (Fsp3) is 0.353. The predicted octanol–water partition coefficient (Wildman–Crippen LogP) is 3.39. The summed E-state index contributed by atoms with van der Waals surface area (Å²) in [6.07, 6.45) is 4.71. The third-order valence-corrected chi connectivity index (χ3v) is 4.40. The maximum atomic E-state index is 9.22. The van der Waals surface area contributed by atoms with Crippen LogP contribution in [0.5, 0.6) is 0 Å². The second-order valence-electron chi connectivity index (χ2n) is 5.63. The van der Waals surface area contributed by atoms with Crippen molar-refractivity contribution in [1.82, 2.24) is 0 Å². The van der Waals surface area contributed by atoms with Crippen molar-refractivity contribution in [3.05, 3.63) is 42.0 Å². The SMILES string of the molecule is N#Cc1ccc(NC2(CN)CCCC2)c2ccccc12. The van der Waals surface area contributed by atoms with E-state index in [-0.39, 0.29) is 5.54 Å². The van der Waals surface area contributed by atoms with Gasteiger partial charge in [-0.1, -0.05) is 37.1 Å². The Kier molecular flexibility index (Phi) is 3.33. The summed E-state index contributed by atoms with van der Waals surface area (Å²) in [5, 5.41) is 15.0. The molecule has 2 aromatic rings. The highest BCUT2D eigenvalue weighted by Crippen LogP contribution is 2.35. The fourth-order valence-electron chi connectivity index (χ4n) is 3.22. The van der Waals surface area contributed by atoms with E-state index >= 15 is 0 Å². The minimum absolute atomic E-state index is 0.0247. The summed E-state index contributed by atoms with van der Waals surface area (Å²) in [6, 6.07) is 14.2. The van der Waals surface area contributed by atoms with Crippen LogP contribution < -0.4 is 11.1 Å². The lowest BCUT2D eigenvalue weighted by atomic mass is 9.95. The van der Waals surface area contributed by atoms with Crippen LogP contribution in [0.3, 0.4) is 0 Å². The molecule has 102 valence electrons. The fourth-order valence-corrected chi connectivity index (χ4v) is 3.22. The molecule has 0 radical (unpaired) electrons. The molecule has 1 aliphatic carbocycles. The number of fused-ring (bicyclic) bond motifs is 1. The van der Waals surface area contributed by atoms with Crippen LogP contribution in [0.1, 0.15) is 31.2 Å². The van der Waals surface area contributed by atoms with E-state index < -0.39 is 0 Å². The molecule has 0 saturated heterocycles. The summed E-state index contributed by atoms with van der Waals surface area (Å²) < 4.78 is 0. The number of hydrogen-bond acceptors (Lipinski definition) is 3. The summed E-state index contributed by atoms with van der Waals surface area (Å²) in [5.74, 6) is 0. The summed E-state index contributed by atoms with van der Waals surface area (Å²) in [6.45, 7) is 0.654. The molecule has 0 amide bonds. The number of nitrogens with zero attached hydrogens (tertiary/aromatic N) is 1. The maximum absolute atomic E-state index is 9.22. The highest BCUT2D eigenvalue weighted by molar-refractivity contribution is 5.97. The van der Waals surface area contributed by atoms with Gasteiger partial charge in [-0.3, -0.25) is 0 Å². The van der Waals surface area contributed by atoms with Crippen molar-refractivity contribution in [2.24, 2.45) is 5.73 Å². The molecule has 0 bridgehead atoms. The Labute approximate surface area is 119 Å². The Morgan fingerprint density at radius 3 is 2.45 bits per heavy atom. The van der Waals surface area contributed by atoms with Gasteiger partial charge in [0.25, 0.3) is 0 Å². The van der Waals surface area contributed by atoms with Crippen molar-refractivity contribution in [3.8, 4) is 6.07 Å². The number of benzene rings is 2. The molecule has 0 spiro atoms. The largest absolute Gasteiger partial charge is 0.378 e. The molecule has 1 saturated carbocycles. The lowest BCUT2D eigenvalue weighted by molar-refractivity contribution is 0.494. The second kappa shape index (κ2) is 5.15. The summed E-state index contributed by atoms with van der Waals surface area (Å²) in [7, 11) is 0. The molecule has 20 heavy (non-hydrogen) atoms. The third kappa shape index (κ3) is 2.13. The molecular weight excluding hydrogens is 246 g/mol. The normalized spacial score (nSPS) is 17.0. The molecule has 1 fully saturated rings. The van der Waals surface area contributed by atoms with E-state index in [9.17, 15) is 5.26 Å². The molecule has 0 aliphatic heterocycles. The zero-order valence-corrected chi connectivity index (χ0v) is 11.5. The topological polar surface area (TPSA) is 61.8 Å². The van der Waals surface area contributed by atoms with Crippen molar-refractivity contribution in [1.29, 1.82) is 5.26 Å². The minimum Gasteiger partial charge on any atom is -0.378 e. The summed E-state index contributed by atoms with van der Waals surface area (Å²) >= 11 is 0. The van der Waals surface area contributed by atoms with Gasteiger partial charge in [0, 0.05) is 28.5 Å². The highest BCUT2D eigenvalue weighted by Gasteiger charge is 2.32. The van der Waals surface area contributed by atoms with Crippen LogP contribution in [-0.2, 0) is 0 Å². The van der Waals surface area contributed by atoms with Crippen LogP contribution in [0, 0.1) is 11.3 Å². The Hall–Kier alpha value is -2.05. The zero-order chi connectivity index (χ0) is 14.0. The van der Waals surface area contributed by atoms with Crippen LogP contribution in [0.4, 0.5) is 5.69 Å². The van der Waals surface area contributed by atoms with Crippen molar-refractivity contribution < 1.29 is 0 Å². The van der Waals surface area contributed by atoms with E-state index in [0.29, 0.717) is 6.54 Å². The van der Waals surface area contributed by atoms with Gasteiger partial charge in [-0.25, -0.2) is 0 Å². The molecule has 0 atom stereocenters. The van der Waals surface area contributed by atoms with Crippen molar-refractivity contribution in [3.63, 3.8) is 0 Å². The Bertz CT molecular complexity index is 663. The minimum atomic E-state index is 0.0247. The number of nitrogens with two attached hydrogens (primary N) is 1. The van der Waals surface area contributed by atoms with Crippen molar-refractivity contribution in [2.45, 2.75) is 31.2 Å². The maximum Gasteiger partial charge on any atom is 0.0998 e. The third-order valence-electron chi connectivity index (χ3n) is 4.40. The lowest BCUT2D eigenvalue weighted by Gasteiger charge is -2.30. The van der Waals surface area contributed by atoms with Gasteiger partial charge < -0.3 is 11.1 Å². The number of nitrogens with one attached hydrogen (secondary N) is 1. The predicted molar refractivity (Wildman–Crippen MR) is 82.5 cm³/mol. The number of anilines is 1. The van der Waals surface area contributed by atoms with Gasteiger partial charge in [0.15, 0.2) is 0 Å². The number of nitriles is 1. The lowest BCUT2D eigenvalue weighted by Crippen LogP contribution is -2.42. The first-order valence-corrected chi connectivity index (χ1v) is 7.18. The molecule has 3 rings (SSSR count). The van der Waals surface area contributed by atoms with Crippen LogP contribution in [0.25, 0.3) is 10.8 Å².